The Hall–Kier alpha value is -2.94. The van der Waals surface area contributed by atoms with Gasteiger partial charge in [0.2, 0.25) is 5.75 Å². The first-order valence-electron chi connectivity index (χ1n) is 9.40. The van der Waals surface area contributed by atoms with Gasteiger partial charge in [0, 0.05) is 16.9 Å². The normalized spacial score (nSPS) is 20.8. The number of hydrogen-bond acceptors (Lipinski definition) is 3. The predicted molar refractivity (Wildman–Crippen MR) is 107 cm³/mol. The van der Waals surface area contributed by atoms with Crippen LogP contribution < -0.4 is 9.47 Å². The monoisotopic (exact) mass is 358 g/mol. The number of ether oxygens (including phenoxy) is 2. The molecular formula is C24H22O3. The van der Waals surface area contributed by atoms with Crippen LogP contribution in [0.5, 0.6) is 11.5 Å². The average Bonchev–Trinajstić information content (AvgIpc) is 3.26. The van der Waals surface area contributed by atoms with Crippen LogP contribution in [0.25, 0.3) is 16.5 Å². The quantitative estimate of drug-likeness (QED) is 0.554. The molecule has 5 rings (SSSR count). The van der Waals surface area contributed by atoms with Crippen LogP contribution in [0.4, 0.5) is 0 Å². The van der Waals surface area contributed by atoms with Crippen molar-refractivity contribution >= 4 is 16.5 Å². The van der Waals surface area contributed by atoms with Gasteiger partial charge in [-0.1, -0.05) is 36.9 Å². The molecule has 0 saturated heterocycles. The van der Waals surface area contributed by atoms with Gasteiger partial charge >= 0.3 is 0 Å². The van der Waals surface area contributed by atoms with Crippen LogP contribution in [0.1, 0.15) is 36.0 Å². The Bertz CT molecular complexity index is 1070. The van der Waals surface area contributed by atoms with Gasteiger partial charge in [-0.3, -0.25) is 0 Å². The number of aryl methyl sites for hydroxylation is 1. The molecule has 1 saturated carbocycles. The number of fused-ring (bicyclic) bond motifs is 2. The van der Waals surface area contributed by atoms with Crippen LogP contribution in [0.2, 0.25) is 0 Å². The first-order valence-corrected chi connectivity index (χ1v) is 9.40. The third kappa shape index (κ3) is 2.66. The van der Waals surface area contributed by atoms with Crippen molar-refractivity contribution < 1.29 is 13.9 Å². The van der Waals surface area contributed by atoms with Gasteiger partial charge in [0.1, 0.15) is 5.76 Å². The topological polar surface area (TPSA) is 31.6 Å². The Morgan fingerprint density at radius 3 is 2.78 bits per heavy atom. The van der Waals surface area contributed by atoms with Gasteiger partial charge in [0.05, 0.1) is 12.9 Å². The lowest BCUT2D eigenvalue weighted by molar-refractivity contribution is 0.279. The van der Waals surface area contributed by atoms with E-state index in [2.05, 4.69) is 43.8 Å². The summed E-state index contributed by atoms with van der Waals surface area (Å²) in [6.07, 6.45) is 4.84. The molecule has 3 heteroatoms. The van der Waals surface area contributed by atoms with E-state index in [1.54, 1.807) is 6.26 Å². The lowest BCUT2D eigenvalue weighted by atomic mass is 9.95. The highest BCUT2D eigenvalue weighted by Gasteiger charge is 2.39. The fraction of sp³-hybridized carbons (Fsp3) is 0.250. The summed E-state index contributed by atoms with van der Waals surface area (Å²) in [5.74, 6) is 3.35. The van der Waals surface area contributed by atoms with E-state index in [9.17, 15) is 0 Å². The van der Waals surface area contributed by atoms with Gasteiger partial charge in [-0.15, -0.1) is 0 Å². The first kappa shape index (κ1) is 16.2. The molecule has 0 unspecified atom stereocenters. The second-order valence-electron chi connectivity index (χ2n) is 7.53. The van der Waals surface area contributed by atoms with Crippen molar-refractivity contribution in [3.8, 4) is 11.5 Å². The number of allylic oxidation sites excluding steroid dienone is 3. The van der Waals surface area contributed by atoms with Crippen LogP contribution in [-0.2, 0) is 0 Å². The molecule has 0 bridgehead atoms. The number of rotatable bonds is 4. The van der Waals surface area contributed by atoms with Crippen molar-refractivity contribution in [3.05, 3.63) is 77.8 Å². The Kier molecular flexibility index (Phi) is 3.64. The molecule has 1 aliphatic carbocycles. The van der Waals surface area contributed by atoms with Gasteiger partial charge in [-0.25, -0.2) is 0 Å². The van der Waals surface area contributed by atoms with Gasteiger partial charge in [-0.05, 0) is 55.0 Å². The van der Waals surface area contributed by atoms with E-state index in [0.29, 0.717) is 24.2 Å². The molecule has 0 spiro atoms. The Morgan fingerprint density at radius 2 is 1.96 bits per heavy atom. The Morgan fingerprint density at radius 1 is 1.15 bits per heavy atom. The van der Waals surface area contributed by atoms with Crippen LogP contribution in [0, 0.1) is 12.8 Å². The fourth-order valence-electron chi connectivity index (χ4n) is 4.16. The summed E-state index contributed by atoms with van der Waals surface area (Å²) in [5.41, 5.74) is 5.23. The lowest BCUT2D eigenvalue weighted by Crippen LogP contribution is -2.08. The Balaban J connectivity index is 1.47. The summed E-state index contributed by atoms with van der Waals surface area (Å²) in [6.45, 7) is 8.89. The van der Waals surface area contributed by atoms with Gasteiger partial charge in [0.15, 0.2) is 11.3 Å². The maximum absolute atomic E-state index is 6.32. The van der Waals surface area contributed by atoms with Crippen molar-refractivity contribution in [2.75, 3.05) is 6.61 Å². The molecule has 0 amide bonds. The molecule has 27 heavy (non-hydrogen) atoms. The van der Waals surface area contributed by atoms with Crippen LogP contribution in [0.3, 0.4) is 0 Å². The van der Waals surface area contributed by atoms with Crippen molar-refractivity contribution in [3.63, 3.8) is 0 Å². The fourth-order valence-corrected chi connectivity index (χ4v) is 4.16. The zero-order valence-electron chi connectivity index (χ0n) is 15.6. The largest absolute Gasteiger partial charge is 0.486 e. The molecular weight excluding hydrogens is 336 g/mol. The van der Waals surface area contributed by atoms with E-state index < -0.39 is 0 Å². The van der Waals surface area contributed by atoms with E-state index in [-0.39, 0.29) is 0 Å². The maximum atomic E-state index is 6.32. The minimum Gasteiger partial charge on any atom is -0.486 e. The number of furan rings is 1. The van der Waals surface area contributed by atoms with E-state index in [1.165, 1.54) is 5.56 Å². The highest BCUT2D eigenvalue weighted by atomic mass is 16.5. The predicted octanol–water partition coefficient (Wildman–Crippen LogP) is 6.23. The van der Waals surface area contributed by atoms with E-state index >= 15 is 0 Å². The zero-order chi connectivity index (χ0) is 18.5. The van der Waals surface area contributed by atoms with Gasteiger partial charge in [0.25, 0.3) is 0 Å². The highest BCUT2D eigenvalue weighted by molar-refractivity contribution is 5.97. The average molecular weight is 358 g/mol. The summed E-state index contributed by atoms with van der Waals surface area (Å²) >= 11 is 0. The molecule has 2 aromatic carbocycles. The van der Waals surface area contributed by atoms with E-state index in [4.69, 9.17) is 13.9 Å². The minimum atomic E-state index is 0.526. The highest BCUT2D eigenvalue weighted by Crippen LogP contribution is 2.51. The molecule has 2 heterocycles. The smallest absolute Gasteiger partial charge is 0.206 e. The second kappa shape index (κ2) is 6.05. The van der Waals surface area contributed by atoms with E-state index in [0.717, 1.165) is 45.6 Å². The standard InChI is InChI=1S/C24H22O3/c1-14-11-15(2)27-23-21(14)16(3)19-9-10-25-22(19)24(23)26-13-18-12-20(18)17-7-5-4-6-8-17/h4-11,18,20H,1,12-13H2,2-3H3/t18-,20-/m1/s1. The second-order valence-corrected chi connectivity index (χ2v) is 7.53. The minimum absolute atomic E-state index is 0.526. The summed E-state index contributed by atoms with van der Waals surface area (Å²) in [4.78, 5) is 0. The SMILES string of the molecule is C=C1C=C(C)Oc2c1c(C)c1ccoc1c2OC[C@H]1C[C@@H]1c1ccccc1. The summed E-state index contributed by atoms with van der Waals surface area (Å²) in [5, 5.41) is 1.05. The molecule has 1 aliphatic heterocycles. The van der Waals surface area contributed by atoms with Crippen LogP contribution >= 0.6 is 0 Å². The first-order chi connectivity index (χ1) is 13.1. The molecule has 0 N–H and O–H groups in total. The molecule has 0 radical (unpaired) electrons. The lowest BCUT2D eigenvalue weighted by Gasteiger charge is -2.23. The summed E-state index contributed by atoms with van der Waals surface area (Å²) in [6, 6.07) is 12.6. The molecule has 136 valence electrons. The summed E-state index contributed by atoms with van der Waals surface area (Å²) < 4.78 is 18.2. The van der Waals surface area contributed by atoms with Crippen molar-refractivity contribution in [1.82, 2.24) is 0 Å². The third-order valence-corrected chi connectivity index (χ3v) is 5.64. The molecule has 3 aromatic rings. The summed E-state index contributed by atoms with van der Waals surface area (Å²) in [7, 11) is 0. The number of hydrogen-bond donors (Lipinski definition) is 0. The van der Waals surface area contributed by atoms with Crippen LogP contribution in [-0.4, -0.2) is 6.61 Å². The molecule has 1 aromatic heterocycles. The third-order valence-electron chi connectivity index (χ3n) is 5.64. The molecule has 2 aliphatic rings. The van der Waals surface area contributed by atoms with Crippen molar-refractivity contribution in [2.45, 2.75) is 26.2 Å². The van der Waals surface area contributed by atoms with Crippen molar-refractivity contribution in [2.24, 2.45) is 5.92 Å². The zero-order valence-corrected chi connectivity index (χ0v) is 15.6. The Labute approximate surface area is 158 Å². The van der Waals surface area contributed by atoms with E-state index in [1.807, 2.05) is 19.1 Å². The van der Waals surface area contributed by atoms with Crippen molar-refractivity contribution in [1.29, 1.82) is 0 Å². The number of benzene rings is 2. The molecule has 2 atom stereocenters. The molecule has 3 nitrogen and oxygen atoms in total. The van der Waals surface area contributed by atoms with Gasteiger partial charge in [-0.2, -0.15) is 0 Å². The van der Waals surface area contributed by atoms with Gasteiger partial charge < -0.3 is 13.9 Å². The maximum Gasteiger partial charge on any atom is 0.206 e. The molecule has 1 fully saturated rings. The van der Waals surface area contributed by atoms with Crippen LogP contribution in [0.15, 0.2) is 65.5 Å².